The molecule has 1 fully saturated rings. The molecule has 7 heteroatoms. The van der Waals surface area contributed by atoms with E-state index in [2.05, 4.69) is 28.1 Å². The Morgan fingerprint density at radius 2 is 1.97 bits per heavy atom. The van der Waals surface area contributed by atoms with E-state index in [9.17, 15) is 4.79 Å². The number of carbonyl (C=O) groups is 1. The van der Waals surface area contributed by atoms with E-state index in [0.717, 1.165) is 65.6 Å². The molecule has 0 saturated carbocycles. The van der Waals surface area contributed by atoms with E-state index in [1.807, 2.05) is 38.2 Å². The van der Waals surface area contributed by atoms with Gasteiger partial charge in [0.05, 0.1) is 11.2 Å². The molecule has 0 N–H and O–H groups in total. The first-order valence-corrected chi connectivity index (χ1v) is 12.5. The number of anilines is 1. The molecule has 7 nitrogen and oxygen atoms in total. The minimum absolute atomic E-state index is 0.00583. The molecule has 3 aliphatic rings. The summed E-state index contributed by atoms with van der Waals surface area (Å²) in [6.45, 7) is 5.64. The van der Waals surface area contributed by atoms with Gasteiger partial charge in [-0.15, -0.1) is 0 Å². The van der Waals surface area contributed by atoms with Gasteiger partial charge in [0, 0.05) is 31.2 Å². The second kappa shape index (κ2) is 9.04. The number of carbonyl (C=O) groups excluding carboxylic acids is 1. The van der Waals surface area contributed by atoms with Gasteiger partial charge in [0.25, 0.3) is 5.91 Å². The van der Waals surface area contributed by atoms with Crippen LogP contribution in [0.2, 0.25) is 0 Å². The molecule has 0 bridgehead atoms. The quantitative estimate of drug-likeness (QED) is 0.571. The van der Waals surface area contributed by atoms with E-state index in [1.165, 1.54) is 18.4 Å². The smallest absolute Gasteiger partial charge is 0.264 e. The van der Waals surface area contributed by atoms with Crippen molar-refractivity contribution in [3.05, 3.63) is 53.7 Å². The summed E-state index contributed by atoms with van der Waals surface area (Å²) in [5, 5.41) is 1.01. The van der Waals surface area contributed by atoms with Crippen LogP contribution in [0.1, 0.15) is 24.1 Å². The number of piperidine rings is 1. The highest BCUT2D eigenvalue weighted by Crippen LogP contribution is 2.39. The Bertz CT molecular complexity index is 1280. The Balaban J connectivity index is 1.11. The third-order valence-corrected chi connectivity index (χ3v) is 7.33. The number of hydrogen-bond acceptors (Lipinski definition) is 6. The first-order chi connectivity index (χ1) is 17.0. The third kappa shape index (κ3) is 4.41. The number of benzene rings is 2. The van der Waals surface area contributed by atoms with Gasteiger partial charge in [0.15, 0.2) is 18.1 Å². The summed E-state index contributed by atoms with van der Waals surface area (Å²) >= 11 is 0. The van der Waals surface area contributed by atoms with Gasteiger partial charge < -0.3 is 19.1 Å². The fraction of sp³-hybridized carbons (Fsp3) is 0.429. The number of likely N-dealkylation sites (N-methyl/N-ethyl adjacent to an activating group) is 1. The zero-order valence-corrected chi connectivity index (χ0v) is 20.3. The van der Waals surface area contributed by atoms with Gasteiger partial charge in [-0.25, -0.2) is 0 Å². The van der Waals surface area contributed by atoms with Crippen molar-refractivity contribution in [2.75, 3.05) is 44.8 Å². The van der Waals surface area contributed by atoms with Crippen molar-refractivity contribution in [1.82, 2.24) is 9.88 Å². The van der Waals surface area contributed by atoms with Crippen molar-refractivity contribution >= 4 is 22.5 Å². The number of aromatic nitrogens is 1. The predicted octanol–water partition coefficient (Wildman–Crippen LogP) is 3.99. The lowest BCUT2D eigenvalue weighted by atomic mass is 9.90. The number of amides is 1. The summed E-state index contributed by atoms with van der Waals surface area (Å²) in [6.07, 6.45) is 3.37. The van der Waals surface area contributed by atoms with Crippen molar-refractivity contribution in [2.45, 2.75) is 32.3 Å². The summed E-state index contributed by atoms with van der Waals surface area (Å²) in [5.41, 5.74) is 4.06. The van der Waals surface area contributed by atoms with E-state index >= 15 is 0 Å². The zero-order chi connectivity index (χ0) is 23.9. The average Bonchev–Trinajstić information content (AvgIpc) is 2.86. The SMILES string of the molecule is Cc1ccc2c3c(ccc2n1)OCC(CN1CCCC(Cc2ccc4c(c2)N(C)C(=O)CO4)C1)O3. The molecule has 0 radical (unpaired) electrons. The molecule has 2 unspecified atom stereocenters. The molecule has 6 rings (SSSR count). The highest BCUT2D eigenvalue weighted by Gasteiger charge is 2.29. The maximum absolute atomic E-state index is 12.0. The van der Waals surface area contributed by atoms with Crippen LogP contribution in [-0.2, 0) is 11.2 Å². The van der Waals surface area contributed by atoms with Gasteiger partial charge in [0.2, 0.25) is 0 Å². The molecule has 1 aromatic heterocycles. The minimum Gasteiger partial charge on any atom is -0.486 e. The number of likely N-dealkylation sites (tertiary alicyclic amines) is 1. The Labute approximate surface area is 205 Å². The highest BCUT2D eigenvalue weighted by atomic mass is 16.6. The van der Waals surface area contributed by atoms with Gasteiger partial charge in [-0.1, -0.05) is 6.07 Å². The van der Waals surface area contributed by atoms with Gasteiger partial charge in [0.1, 0.15) is 18.5 Å². The van der Waals surface area contributed by atoms with Gasteiger partial charge in [-0.3, -0.25) is 14.7 Å². The van der Waals surface area contributed by atoms with Crippen LogP contribution >= 0.6 is 0 Å². The minimum atomic E-state index is -0.00606. The molecule has 1 saturated heterocycles. The van der Waals surface area contributed by atoms with E-state index in [4.69, 9.17) is 14.2 Å². The van der Waals surface area contributed by atoms with Crippen LogP contribution in [-0.4, -0.2) is 61.8 Å². The molecule has 3 aromatic rings. The number of nitrogens with zero attached hydrogens (tertiary/aromatic N) is 3. The van der Waals surface area contributed by atoms with Crippen LogP contribution in [0.3, 0.4) is 0 Å². The second-order valence-corrected chi connectivity index (χ2v) is 9.98. The Morgan fingerprint density at radius 3 is 2.89 bits per heavy atom. The largest absolute Gasteiger partial charge is 0.486 e. The van der Waals surface area contributed by atoms with Crippen LogP contribution in [0.4, 0.5) is 5.69 Å². The first-order valence-electron chi connectivity index (χ1n) is 12.5. The molecular weight excluding hydrogens is 442 g/mol. The molecule has 1 amide bonds. The normalized spacial score (nSPS) is 22.1. The van der Waals surface area contributed by atoms with E-state index in [1.54, 1.807) is 4.90 Å². The average molecular weight is 474 g/mol. The summed E-state index contributed by atoms with van der Waals surface area (Å²) < 4.78 is 18.1. The van der Waals surface area contributed by atoms with Crippen molar-refractivity contribution in [1.29, 1.82) is 0 Å². The molecule has 2 aromatic carbocycles. The first kappa shape index (κ1) is 22.2. The van der Waals surface area contributed by atoms with E-state index in [0.29, 0.717) is 12.5 Å². The molecule has 4 heterocycles. The lowest BCUT2D eigenvalue weighted by Crippen LogP contribution is -2.45. The van der Waals surface area contributed by atoms with E-state index < -0.39 is 0 Å². The number of pyridine rings is 1. The van der Waals surface area contributed by atoms with Crippen LogP contribution in [0.25, 0.3) is 10.9 Å². The number of hydrogen-bond donors (Lipinski definition) is 0. The van der Waals surface area contributed by atoms with Gasteiger partial charge >= 0.3 is 0 Å². The maximum atomic E-state index is 12.0. The molecule has 0 spiro atoms. The van der Waals surface area contributed by atoms with Crippen molar-refractivity contribution in [3.8, 4) is 17.2 Å². The molecule has 0 aliphatic carbocycles. The number of fused-ring (bicyclic) bond motifs is 4. The van der Waals surface area contributed by atoms with Gasteiger partial charge in [-0.05, 0) is 80.6 Å². The standard InChI is InChI=1S/C28H31N3O4/c1-18-5-7-22-23(29-18)8-10-26-28(22)35-21(16-33-26)15-31-11-3-4-20(14-31)12-19-6-9-25-24(13-19)30(2)27(32)17-34-25/h5-10,13,20-21H,3-4,11-12,14-17H2,1-2H3. The Kier molecular flexibility index (Phi) is 5.72. The summed E-state index contributed by atoms with van der Waals surface area (Å²) in [6, 6.07) is 14.3. The van der Waals surface area contributed by atoms with Crippen molar-refractivity contribution < 1.29 is 19.0 Å². The number of rotatable bonds is 4. The lowest BCUT2D eigenvalue weighted by Gasteiger charge is -2.36. The second-order valence-electron chi connectivity index (χ2n) is 9.98. The van der Waals surface area contributed by atoms with Crippen LogP contribution < -0.4 is 19.1 Å². The lowest BCUT2D eigenvalue weighted by molar-refractivity contribution is -0.120. The fourth-order valence-corrected chi connectivity index (χ4v) is 5.52. The van der Waals surface area contributed by atoms with Crippen LogP contribution in [0.15, 0.2) is 42.5 Å². The van der Waals surface area contributed by atoms with Gasteiger partial charge in [-0.2, -0.15) is 0 Å². The van der Waals surface area contributed by atoms with Crippen LogP contribution in [0.5, 0.6) is 17.2 Å². The topological polar surface area (TPSA) is 64.1 Å². The number of ether oxygens (including phenoxy) is 3. The molecule has 182 valence electrons. The fourth-order valence-electron chi connectivity index (χ4n) is 5.52. The molecule has 35 heavy (non-hydrogen) atoms. The Hall–Kier alpha value is -3.32. The molecular formula is C28H31N3O4. The highest BCUT2D eigenvalue weighted by molar-refractivity contribution is 5.97. The Morgan fingerprint density at radius 1 is 1.09 bits per heavy atom. The summed E-state index contributed by atoms with van der Waals surface area (Å²) in [7, 11) is 1.82. The van der Waals surface area contributed by atoms with Crippen molar-refractivity contribution in [2.24, 2.45) is 5.92 Å². The molecule has 3 aliphatic heterocycles. The summed E-state index contributed by atoms with van der Waals surface area (Å²) in [5.74, 6) is 2.96. The monoisotopic (exact) mass is 473 g/mol. The zero-order valence-electron chi connectivity index (χ0n) is 20.3. The predicted molar refractivity (Wildman–Crippen MR) is 135 cm³/mol. The van der Waals surface area contributed by atoms with E-state index in [-0.39, 0.29) is 18.6 Å². The number of aryl methyl sites for hydroxylation is 1. The maximum Gasteiger partial charge on any atom is 0.264 e. The van der Waals surface area contributed by atoms with Crippen LogP contribution in [0, 0.1) is 12.8 Å². The molecule has 2 atom stereocenters. The summed E-state index contributed by atoms with van der Waals surface area (Å²) in [4.78, 5) is 20.9. The van der Waals surface area contributed by atoms with Crippen molar-refractivity contribution in [3.63, 3.8) is 0 Å². The third-order valence-electron chi connectivity index (χ3n) is 7.33.